The molecule has 1 aromatic heterocycles. The van der Waals surface area contributed by atoms with Crippen LogP contribution in [0, 0.1) is 12.8 Å². The lowest BCUT2D eigenvalue weighted by atomic mass is 10.0. The first-order valence-corrected chi connectivity index (χ1v) is 6.22. The van der Waals surface area contributed by atoms with Gasteiger partial charge in [0.15, 0.2) is 0 Å². The molecule has 2 rings (SSSR count). The standard InChI is InChI=1S/C13H21N3/c1-10-6-7-12(14)13(16-10)15-9-8-11-4-2-3-5-11/h6-7,11H,2-5,8-9,14H2,1H3,(H,15,16). The first-order valence-electron chi connectivity index (χ1n) is 6.22. The van der Waals surface area contributed by atoms with Gasteiger partial charge in [-0.15, -0.1) is 0 Å². The van der Waals surface area contributed by atoms with Gasteiger partial charge in [0.1, 0.15) is 5.82 Å². The van der Waals surface area contributed by atoms with Crippen LogP contribution in [0.2, 0.25) is 0 Å². The second-order valence-corrected chi connectivity index (χ2v) is 4.76. The van der Waals surface area contributed by atoms with Gasteiger partial charge in [-0.25, -0.2) is 4.98 Å². The number of aryl methyl sites for hydroxylation is 1. The number of hydrogen-bond acceptors (Lipinski definition) is 3. The molecule has 3 nitrogen and oxygen atoms in total. The number of nitrogens with zero attached hydrogens (tertiary/aromatic N) is 1. The third kappa shape index (κ3) is 2.87. The number of nitrogen functional groups attached to an aromatic ring is 1. The number of anilines is 2. The molecule has 1 fully saturated rings. The summed E-state index contributed by atoms with van der Waals surface area (Å²) in [5.74, 6) is 1.76. The fraction of sp³-hybridized carbons (Fsp3) is 0.615. The molecule has 88 valence electrons. The van der Waals surface area contributed by atoms with Crippen LogP contribution in [0.5, 0.6) is 0 Å². The van der Waals surface area contributed by atoms with E-state index in [-0.39, 0.29) is 0 Å². The Labute approximate surface area is 97.5 Å². The zero-order valence-electron chi connectivity index (χ0n) is 10.00. The quantitative estimate of drug-likeness (QED) is 0.818. The van der Waals surface area contributed by atoms with Gasteiger partial charge in [0, 0.05) is 12.2 Å². The number of nitrogens with one attached hydrogen (secondary N) is 1. The second kappa shape index (κ2) is 5.19. The molecule has 1 aliphatic rings. The molecule has 0 aromatic carbocycles. The zero-order chi connectivity index (χ0) is 11.4. The van der Waals surface area contributed by atoms with Crippen molar-refractivity contribution in [1.29, 1.82) is 0 Å². The molecular formula is C13H21N3. The van der Waals surface area contributed by atoms with E-state index in [4.69, 9.17) is 5.73 Å². The van der Waals surface area contributed by atoms with Crippen LogP contribution >= 0.6 is 0 Å². The van der Waals surface area contributed by atoms with Crippen molar-refractivity contribution in [3.8, 4) is 0 Å². The monoisotopic (exact) mass is 219 g/mol. The summed E-state index contributed by atoms with van der Waals surface area (Å²) in [6.45, 7) is 2.98. The van der Waals surface area contributed by atoms with Gasteiger partial charge < -0.3 is 11.1 Å². The third-order valence-corrected chi connectivity index (χ3v) is 3.39. The van der Waals surface area contributed by atoms with Crippen LogP contribution in [0.4, 0.5) is 11.5 Å². The normalized spacial score (nSPS) is 16.6. The van der Waals surface area contributed by atoms with Crippen molar-refractivity contribution in [3.63, 3.8) is 0 Å². The minimum atomic E-state index is 0.747. The highest BCUT2D eigenvalue weighted by molar-refractivity contribution is 5.61. The maximum Gasteiger partial charge on any atom is 0.149 e. The first kappa shape index (κ1) is 11.2. The highest BCUT2D eigenvalue weighted by Crippen LogP contribution is 2.27. The summed E-state index contributed by atoms with van der Waals surface area (Å²) in [5, 5.41) is 3.34. The molecule has 0 saturated heterocycles. The minimum absolute atomic E-state index is 0.747. The Bertz CT molecular complexity index is 343. The molecule has 0 spiro atoms. The molecule has 0 bridgehead atoms. The lowest BCUT2D eigenvalue weighted by molar-refractivity contribution is 0.518. The van der Waals surface area contributed by atoms with Gasteiger partial charge in [-0.05, 0) is 31.4 Å². The number of nitrogens with two attached hydrogens (primary N) is 1. The molecule has 0 aliphatic heterocycles. The SMILES string of the molecule is Cc1ccc(N)c(NCCC2CCCC2)n1. The predicted octanol–water partition coefficient (Wildman–Crippen LogP) is 2.96. The van der Waals surface area contributed by atoms with Crippen LogP contribution in [-0.2, 0) is 0 Å². The molecule has 1 heterocycles. The Balaban J connectivity index is 1.82. The fourth-order valence-electron chi connectivity index (χ4n) is 2.40. The molecule has 0 atom stereocenters. The molecule has 0 unspecified atom stereocenters. The summed E-state index contributed by atoms with van der Waals surface area (Å²) in [7, 11) is 0. The molecule has 3 N–H and O–H groups in total. The van der Waals surface area contributed by atoms with Gasteiger partial charge in [0.2, 0.25) is 0 Å². The Morgan fingerprint density at radius 3 is 2.88 bits per heavy atom. The summed E-state index contributed by atoms with van der Waals surface area (Å²) in [4.78, 5) is 4.40. The van der Waals surface area contributed by atoms with Crippen molar-refractivity contribution in [2.45, 2.75) is 39.0 Å². The van der Waals surface area contributed by atoms with Crippen molar-refractivity contribution in [1.82, 2.24) is 4.98 Å². The van der Waals surface area contributed by atoms with Gasteiger partial charge in [0.05, 0.1) is 5.69 Å². The van der Waals surface area contributed by atoms with Gasteiger partial charge >= 0.3 is 0 Å². The van der Waals surface area contributed by atoms with E-state index in [0.29, 0.717) is 0 Å². The Morgan fingerprint density at radius 2 is 2.12 bits per heavy atom. The maximum atomic E-state index is 5.86. The molecule has 0 radical (unpaired) electrons. The van der Waals surface area contributed by atoms with Gasteiger partial charge in [-0.3, -0.25) is 0 Å². The molecule has 0 amide bonds. The van der Waals surface area contributed by atoms with Crippen molar-refractivity contribution >= 4 is 11.5 Å². The fourth-order valence-corrected chi connectivity index (χ4v) is 2.40. The van der Waals surface area contributed by atoms with E-state index in [1.807, 2.05) is 19.1 Å². The van der Waals surface area contributed by atoms with Crippen molar-refractivity contribution in [2.75, 3.05) is 17.6 Å². The highest BCUT2D eigenvalue weighted by atomic mass is 15.0. The molecule has 1 saturated carbocycles. The number of aromatic nitrogens is 1. The average Bonchev–Trinajstić information content (AvgIpc) is 2.76. The van der Waals surface area contributed by atoms with Crippen LogP contribution < -0.4 is 11.1 Å². The van der Waals surface area contributed by atoms with E-state index >= 15 is 0 Å². The maximum absolute atomic E-state index is 5.86. The predicted molar refractivity (Wildman–Crippen MR) is 68.5 cm³/mol. The smallest absolute Gasteiger partial charge is 0.149 e. The average molecular weight is 219 g/mol. The Hall–Kier alpha value is -1.25. The molecule has 1 aliphatic carbocycles. The van der Waals surface area contributed by atoms with Crippen molar-refractivity contribution in [2.24, 2.45) is 5.92 Å². The summed E-state index contributed by atoms with van der Waals surface area (Å²) in [6, 6.07) is 3.86. The summed E-state index contributed by atoms with van der Waals surface area (Å²) in [5.41, 5.74) is 7.62. The molecule has 16 heavy (non-hydrogen) atoms. The highest BCUT2D eigenvalue weighted by Gasteiger charge is 2.14. The molecule has 3 heteroatoms. The van der Waals surface area contributed by atoms with E-state index in [1.165, 1.54) is 32.1 Å². The van der Waals surface area contributed by atoms with Crippen LogP contribution in [0.25, 0.3) is 0 Å². The van der Waals surface area contributed by atoms with Gasteiger partial charge in [-0.2, -0.15) is 0 Å². The summed E-state index contributed by atoms with van der Waals surface area (Å²) >= 11 is 0. The lowest BCUT2D eigenvalue weighted by Gasteiger charge is -2.12. The van der Waals surface area contributed by atoms with Crippen LogP contribution in [0.1, 0.15) is 37.8 Å². The van der Waals surface area contributed by atoms with Crippen molar-refractivity contribution < 1.29 is 0 Å². The van der Waals surface area contributed by atoms with E-state index < -0.39 is 0 Å². The largest absolute Gasteiger partial charge is 0.396 e. The van der Waals surface area contributed by atoms with E-state index in [1.54, 1.807) is 0 Å². The number of rotatable bonds is 4. The summed E-state index contributed by atoms with van der Waals surface area (Å²) in [6.07, 6.45) is 6.87. The van der Waals surface area contributed by atoms with Gasteiger partial charge in [-0.1, -0.05) is 25.7 Å². The van der Waals surface area contributed by atoms with E-state index in [2.05, 4.69) is 10.3 Å². The van der Waals surface area contributed by atoms with Gasteiger partial charge in [0.25, 0.3) is 0 Å². The van der Waals surface area contributed by atoms with Crippen LogP contribution in [0.15, 0.2) is 12.1 Å². The Kier molecular flexibility index (Phi) is 3.65. The Morgan fingerprint density at radius 1 is 1.38 bits per heavy atom. The number of pyridine rings is 1. The van der Waals surface area contributed by atoms with E-state index in [0.717, 1.165) is 29.7 Å². The van der Waals surface area contributed by atoms with Crippen molar-refractivity contribution in [3.05, 3.63) is 17.8 Å². The van der Waals surface area contributed by atoms with Crippen LogP contribution in [-0.4, -0.2) is 11.5 Å². The molecule has 1 aromatic rings. The second-order valence-electron chi connectivity index (χ2n) is 4.76. The topological polar surface area (TPSA) is 50.9 Å². The summed E-state index contributed by atoms with van der Waals surface area (Å²) < 4.78 is 0. The molecular weight excluding hydrogens is 198 g/mol. The van der Waals surface area contributed by atoms with Crippen LogP contribution in [0.3, 0.4) is 0 Å². The van der Waals surface area contributed by atoms with E-state index in [9.17, 15) is 0 Å². The third-order valence-electron chi connectivity index (χ3n) is 3.39. The first-order chi connectivity index (χ1) is 7.75. The lowest BCUT2D eigenvalue weighted by Crippen LogP contribution is -2.09. The zero-order valence-corrected chi connectivity index (χ0v) is 10.00. The minimum Gasteiger partial charge on any atom is -0.396 e. The number of hydrogen-bond donors (Lipinski definition) is 2.